The van der Waals surface area contributed by atoms with Gasteiger partial charge in [-0.3, -0.25) is 19.9 Å². The van der Waals surface area contributed by atoms with Gasteiger partial charge >= 0.3 is 12.2 Å². The van der Waals surface area contributed by atoms with Crippen molar-refractivity contribution in [1.29, 1.82) is 0 Å². The molecule has 0 bridgehead atoms. The van der Waals surface area contributed by atoms with Crippen LogP contribution in [0.25, 0.3) is 0 Å². The van der Waals surface area contributed by atoms with Crippen LogP contribution in [0.1, 0.15) is 5.56 Å². The van der Waals surface area contributed by atoms with Crippen LogP contribution in [0.3, 0.4) is 0 Å². The van der Waals surface area contributed by atoms with Gasteiger partial charge in [-0.05, 0) is 36.4 Å². The summed E-state index contributed by atoms with van der Waals surface area (Å²) >= 11 is 3.22. The van der Waals surface area contributed by atoms with Crippen molar-refractivity contribution < 1.29 is 27.6 Å². The van der Waals surface area contributed by atoms with Gasteiger partial charge in [-0.2, -0.15) is 13.2 Å². The van der Waals surface area contributed by atoms with Gasteiger partial charge in [0.2, 0.25) is 5.91 Å². The second-order valence-electron chi connectivity index (χ2n) is 5.72. The lowest BCUT2D eigenvalue weighted by atomic mass is 10.1. The number of hydrogen-bond donors (Lipinski definition) is 1. The number of anilines is 1. The zero-order chi connectivity index (χ0) is 20.5. The van der Waals surface area contributed by atoms with Crippen LogP contribution in [-0.2, 0) is 15.8 Å². The predicted molar refractivity (Wildman–Crippen MR) is 98.3 cm³/mol. The molecule has 1 aliphatic heterocycles. The van der Waals surface area contributed by atoms with E-state index in [2.05, 4.69) is 20.9 Å². The van der Waals surface area contributed by atoms with Gasteiger partial charge in [-0.15, -0.1) is 0 Å². The van der Waals surface area contributed by atoms with E-state index in [-0.39, 0.29) is 5.69 Å². The molecule has 4 amide bonds. The lowest BCUT2D eigenvalue weighted by Gasteiger charge is -2.28. The van der Waals surface area contributed by atoms with E-state index in [1.807, 2.05) is 5.32 Å². The minimum absolute atomic E-state index is 0.201. The number of rotatable bonds is 3. The van der Waals surface area contributed by atoms with Crippen molar-refractivity contribution in [1.82, 2.24) is 5.32 Å². The number of carbonyl (C=O) groups is 3. The van der Waals surface area contributed by atoms with Crippen LogP contribution in [0.2, 0.25) is 0 Å². The minimum Gasteiger partial charge on any atom is -0.276 e. The van der Waals surface area contributed by atoms with Gasteiger partial charge in [0.1, 0.15) is 0 Å². The number of nitrogens with zero attached hydrogens (tertiary/aromatic N) is 2. The Morgan fingerprint density at radius 1 is 1.04 bits per heavy atom. The van der Waals surface area contributed by atoms with Gasteiger partial charge in [-0.1, -0.05) is 28.1 Å². The summed E-state index contributed by atoms with van der Waals surface area (Å²) in [7, 11) is 0. The SMILES string of the molecule is O=C1NC(=O)N(c2ccc(Br)cc2)C(=O)[C@H]1C=Nc1ccccc1C(F)(F)F. The number of alkyl halides is 3. The Balaban J connectivity index is 1.93. The zero-order valence-electron chi connectivity index (χ0n) is 13.9. The largest absolute Gasteiger partial charge is 0.418 e. The highest BCUT2D eigenvalue weighted by Gasteiger charge is 2.40. The standard InChI is InChI=1S/C18H11BrF3N3O3/c19-10-5-7-11(8-6-10)25-16(27)12(15(26)24-17(25)28)9-23-14-4-2-1-3-13(14)18(20,21)22/h1-9,12H,(H,24,26,28)/t12-/m0/s1. The Labute approximate surface area is 165 Å². The van der Waals surface area contributed by atoms with E-state index in [1.165, 1.54) is 24.3 Å². The van der Waals surface area contributed by atoms with Crippen LogP contribution in [0, 0.1) is 5.92 Å². The molecule has 1 fully saturated rings. The van der Waals surface area contributed by atoms with Crippen molar-refractivity contribution in [2.75, 3.05) is 4.90 Å². The number of barbiturate groups is 1. The van der Waals surface area contributed by atoms with Crippen molar-refractivity contribution in [2.24, 2.45) is 10.9 Å². The predicted octanol–water partition coefficient (Wildman–Crippen LogP) is 4.07. The van der Waals surface area contributed by atoms with Crippen LogP contribution in [0.4, 0.5) is 29.3 Å². The highest BCUT2D eigenvalue weighted by atomic mass is 79.9. The number of imide groups is 2. The summed E-state index contributed by atoms with van der Waals surface area (Å²) in [4.78, 5) is 41.2. The molecule has 6 nitrogen and oxygen atoms in total. The molecule has 1 saturated heterocycles. The van der Waals surface area contributed by atoms with E-state index >= 15 is 0 Å². The fourth-order valence-corrected chi connectivity index (χ4v) is 2.80. The van der Waals surface area contributed by atoms with E-state index in [4.69, 9.17) is 0 Å². The number of aliphatic imine (C=N–C) groups is 1. The molecule has 0 aromatic heterocycles. The Bertz CT molecular complexity index is 974. The summed E-state index contributed by atoms with van der Waals surface area (Å²) in [5.41, 5.74) is -1.24. The summed E-state index contributed by atoms with van der Waals surface area (Å²) < 4.78 is 39.9. The van der Waals surface area contributed by atoms with Gasteiger partial charge in [0.25, 0.3) is 5.91 Å². The lowest BCUT2D eigenvalue weighted by Crippen LogP contribution is -2.58. The number of para-hydroxylation sites is 1. The van der Waals surface area contributed by atoms with Gasteiger partial charge in [0.05, 0.1) is 16.9 Å². The first kappa shape index (κ1) is 19.7. The number of halogens is 4. The Kier molecular flexibility index (Phi) is 5.32. The molecule has 1 aliphatic rings. The van der Waals surface area contributed by atoms with E-state index in [1.54, 1.807) is 12.1 Å². The van der Waals surface area contributed by atoms with Crippen molar-refractivity contribution >= 4 is 51.4 Å². The van der Waals surface area contributed by atoms with Crippen LogP contribution in [0.15, 0.2) is 58.0 Å². The topological polar surface area (TPSA) is 78.8 Å². The van der Waals surface area contributed by atoms with Crippen molar-refractivity contribution in [2.45, 2.75) is 6.18 Å². The molecule has 2 aromatic carbocycles. The second kappa shape index (κ2) is 7.55. The van der Waals surface area contributed by atoms with Crippen LogP contribution >= 0.6 is 15.9 Å². The van der Waals surface area contributed by atoms with Crippen molar-refractivity contribution in [3.05, 3.63) is 58.6 Å². The highest BCUT2D eigenvalue weighted by Crippen LogP contribution is 2.36. The molecule has 3 rings (SSSR count). The number of amides is 4. The fraction of sp³-hybridized carbons (Fsp3) is 0.111. The molecule has 0 aliphatic carbocycles. The Hall–Kier alpha value is -3.01. The van der Waals surface area contributed by atoms with Crippen LogP contribution in [-0.4, -0.2) is 24.1 Å². The van der Waals surface area contributed by atoms with Crippen molar-refractivity contribution in [3.8, 4) is 0 Å². The monoisotopic (exact) mass is 453 g/mol. The number of urea groups is 1. The number of carbonyl (C=O) groups excluding carboxylic acids is 3. The molecule has 10 heteroatoms. The number of benzene rings is 2. The van der Waals surface area contributed by atoms with Gasteiger partial charge in [0.15, 0.2) is 5.92 Å². The summed E-state index contributed by atoms with van der Waals surface area (Å²) in [5, 5.41) is 2.01. The average molecular weight is 454 g/mol. The summed E-state index contributed by atoms with van der Waals surface area (Å²) in [5.74, 6) is -3.43. The smallest absolute Gasteiger partial charge is 0.276 e. The van der Waals surface area contributed by atoms with Crippen molar-refractivity contribution in [3.63, 3.8) is 0 Å². The number of hydrogen-bond acceptors (Lipinski definition) is 4. The third-order valence-electron chi connectivity index (χ3n) is 3.86. The molecule has 28 heavy (non-hydrogen) atoms. The maximum atomic E-state index is 13.1. The summed E-state index contributed by atoms with van der Waals surface area (Å²) in [6.45, 7) is 0. The molecule has 1 N–H and O–H groups in total. The maximum absolute atomic E-state index is 13.1. The zero-order valence-corrected chi connectivity index (χ0v) is 15.5. The Morgan fingerprint density at radius 2 is 1.68 bits per heavy atom. The van der Waals surface area contributed by atoms with E-state index in [0.29, 0.717) is 4.47 Å². The van der Waals surface area contributed by atoms with Gasteiger partial charge in [-0.25, -0.2) is 9.69 Å². The van der Waals surface area contributed by atoms with Crippen LogP contribution in [0.5, 0.6) is 0 Å². The van der Waals surface area contributed by atoms with Gasteiger partial charge < -0.3 is 0 Å². The third kappa shape index (κ3) is 3.96. The Morgan fingerprint density at radius 3 is 2.32 bits per heavy atom. The quantitative estimate of drug-likeness (QED) is 0.561. The molecule has 0 unspecified atom stereocenters. The lowest BCUT2D eigenvalue weighted by molar-refractivity contribution is -0.137. The highest BCUT2D eigenvalue weighted by molar-refractivity contribution is 9.10. The third-order valence-corrected chi connectivity index (χ3v) is 4.39. The summed E-state index contributed by atoms with van der Waals surface area (Å²) in [6, 6.07) is 9.70. The first-order valence-corrected chi connectivity index (χ1v) is 8.62. The van der Waals surface area contributed by atoms with Crippen LogP contribution < -0.4 is 10.2 Å². The first-order valence-electron chi connectivity index (χ1n) is 7.83. The second-order valence-corrected chi connectivity index (χ2v) is 6.63. The average Bonchev–Trinajstić information content (AvgIpc) is 2.62. The molecule has 0 radical (unpaired) electrons. The molecule has 1 atom stereocenters. The molecule has 144 valence electrons. The maximum Gasteiger partial charge on any atom is 0.418 e. The van der Waals surface area contributed by atoms with E-state index in [0.717, 1.165) is 23.2 Å². The molecular formula is C18H11BrF3N3O3. The molecule has 1 heterocycles. The minimum atomic E-state index is -4.65. The molecule has 0 saturated carbocycles. The molecule has 0 spiro atoms. The summed E-state index contributed by atoms with van der Waals surface area (Å²) in [6.07, 6.45) is -3.84. The normalized spacial score (nSPS) is 17.9. The fourth-order valence-electron chi connectivity index (χ4n) is 2.54. The molecular weight excluding hydrogens is 443 g/mol. The number of nitrogens with one attached hydrogen (secondary N) is 1. The van der Waals surface area contributed by atoms with E-state index < -0.39 is 41.2 Å². The van der Waals surface area contributed by atoms with Gasteiger partial charge in [0, 0.05) is 10.7 Å². The first-order chi connectivity index (χ1) is 13.2. The molecule has 2 aromatic rings. The van der Waals surface area contributed by atoms with E-state index in [9.17, 15) is 27.6 Å².